The van der Waals surface area contributed by atoms with Crippen LogP contribution in [0.15, 0.2) is 48.6 Å². The van der Waals surface area contributed by atoms with Gasteiger partial charge in [-0.3, -0.25) is 27.7 Å². The molecule has 0 heterocycles. The van der Waals surface area contributed by atoms with Crippen LogP contribution in [0.5, 0.6) is 0 Å². The molecule has 8 N–H and O–H groups in total. The molecule has 0 radical (unpaired) electrons. The first-order valence-electron chi connectivity index (χ1n) is 23.9. The summed E-state index contributed by atoms with van der Waals surface area (Å²) in [7, 11) is -16.6. The molecule has 22 heteroatoms. The summed E-state index contributed by atoms with van der Waals surface area (Å²) >= 11 is 0. The highest BCUT2D eigenvalue weighted by molar-refractivity contribution is 7.47. The van der Waals surface area contributed by atoms with Crippen LogP contribution in [0, 0.1) is 0 Å². The number of aliphatic hydroxyl groups is 3. The Bertz CT molecular complexity index is 1590. The summed E-state index contributed by atoms with van der Waals surface area (Å²) in [6.45, 7) is 2.81. The highest BCUT2D eigenvalue weighted by Crippen LogP contribution is 2.51. The molecule has 8 atom stereocenters. The SMILES string of the molecule is CC/C=C\C/C=C\C/C=C\C/C=C\CCCCCCC(=O)OC[C@H](COP(=O)(O)O[C@H]1C(O)C(O)C(OP(=O)(O)O)[C@@H](OP(=O)(O)O)C1O)OC(=O)CCCCCCCCCCCCCCC. The minimum Gasteiger partial charge on any atom is -0.462 e. The average Bonchev–Trinajstić information content (AvgIpc) is 3.25. The number of hydrogen-bond acceptors (Lipinski definition) is 14. The zero-order chi connectivity index (χ0) is 50.0. The molecule has 0 saturated heterocycles. The number of esters is 2. The van der Waals surface area contributed by atoms with Gasteiger partial charge in [-0.15, -0.1) is 0 Å². The van der Waals surface area contributed by atoms with Gasteiger partial charge in [0.05, 0.1) is 6.61 Å². The molecule has 0 aromatic carbocycles. The van der Waals surface area contributed by atoms with Gasteiger partial charge in [0.25, 0.3) is 0 Å². The van der Waals surface area contributed by atoms with Crippen molar-refractivity contribution in [3.05, 3.63) is 48.6 Å². The fraction of sp³-hybridized carbons (Fsp3) is 0.778. The molecule has 0 spiro atoms. The zero-order valence-electron chi connectivity index (χ0n) is 39.5. The molecule has 390 valence electrons. The minimum absolute atomic E-state index is 0.00639. The Kier molecular flexibility index (Phi) is 34.8. The summed E-state index contributed by atoms with van der Waals surface area (Å²) < 4.78 is 65.4. The average molecular weight is 1020 g/mol. The van der Waals surface area contributed by atoms with Gasteiger partial charge in [-0.25, -0.2) is 13.7 Å². The second-order valence-corrected chi connectivity index (χ2v) is 20.5. The number of carbonyl (C=O) groups is 2. The van der Waals surface area contributed by atoms with Crippen molar-refractivity contribution in [3.63, 3.8) is 0 Å². The van der Waals surface area contributed by atoms with Gasteiger partial charge in [0.1, 0.15) is 43.2 Å². The van der Waals surface area contributed by atoms with Crippen molar-refractivity contribution in [1.82, 2.24) is 0 Å². The Morgan fingerprint density at radius 1 is 0.493 bits per heavy atom. The molecule has 0 amide bonds. The van der Waals surface area contributed by atoms with Crippen molar-refractivity contribution in [1.29, 1.82) is 0 Å². The highest BCUT2D eigenvalue weighted by atomic mass is 31.2. The van der Waals surface area contributed by atoms with Crippen molar-refractivity contribution in [2.24, 2.45) is 0 Å². The quantitative estimate of drug-likeness (QED) is 0.0123. The maximum Gasteiger partial charge on any atom is 0.472 e. The summed E-state index contributed by atoms with van der Waals surface area (Å²) in [5.41, 5.74) is 0. The largest absolute Gasteiger partial charge is 0.472 e. The van der Waals surface area contributed by atoms with Crippen molar-refractivity contribution in [3.8, 4) is 0 Å². The van der Waals surface area contributed by atoms with Gasteiger partial charge in [0, 0.05) is 12.8 Å². The highest BCUT2D eigenvalue weighted by Gasteiger charge is 2.56. The Hall–Kier alpha value is -1.89. The number of carbonyl (C=O) groups excluding carboxylic acids is 2. The summed E-state index contributed by atoms with van der Waals surface area (Å²) in [5.74, 6) is -1.32. The van der Waals surface area contributed by atoms with Crippen LogP contribution >= 0.6 is 23.5 Å². The fourth-order valence-electron chi connectivity index (χ4n) is 7.10. The molecular formula is C45H81O19P3. The van der Waals surface area contributed by atoms with Crippen molar-refractivity contribution in [2.75, 3.05) is 13.2 Å². The number of ether oxygens (including phenoxy) is 2. The third-order valence-corrected chi connectivity index (χ3v) is 12.7. The first-order valence-corrected chi connectivity index (χ1v) is 28.5. The van der Waals surface area contributed by atoms with E-state index in [1.807, 2.05) is 0 Å². The smallest absolute Gasteiger partial charge is 0.462 e. The van der Waals surface area contributed by atoms with Crippen molar-refractivity contribution in [2.45, 2.75) is 211 Å². The number of phosphoric acid groups is 3. The third kappa shape index (κ3) is 33.4. The summed E-state index contributed by atoms with van der Waals surface area (Å²) in [6.07, 6.45) is 22.7. The normalized spacial score (nSPS) is 22.0. The van der Waals surface area contributed by atoms with Crippen LogP contribution in [-0.4, -0.2) is 108 Å². The topological polar surface area (TPSA) is 303 Å². The van der Waals surface area contributed by atoms with Gasteiger partial charge in [0.15, 0.2) is 6.10 Å². The van der Waals surface area contributed by atoms with E-state index >= 15 is 0 Å². The number of aliphatic hydroxyl groups excluding tert-OH is 3. The molecular weight excluding hydrogens is 937 g/mol. The molecule has 1 rings (SSSR count). The molecule has 19 nitrogen and oxygen atoms in total. The summed E-state index contributed by atoms with van der Waals surface area (Å²) in [5, 5.41) is 31.9. The van der Waals surface area contributed by atoms with Crippen LogP contribution in [0.1, 0.15) is 168 Å². The third-order valence-electron chi connectivity index (χ3n) is 10.7. The lowest BCUT2D eigenvalue weighted by molar-refractivity contribution is -0.213. The van der Waals surface area contributed by atoms with Crippen LogP contribution < -0.4 is 0 Å². The van der Waals surface area contributed by atoms with Crippen LogP contribution in [0.3, 0.4) is 0 Å². The van der Waals surface area contributed by atoms with Crippen LogP contribution in [0.2, 0.25) is 0 Å². The standard InChI is InChI=1S/C45H81O19P3/c1-3-5-7-9-11-13-15-17-18-19-20-22-23-25-27-29-31-33-38(46)59-35-37(61-39(47)34-32-30-28-26-24-21-16-14-12-10-8-6-4-2)36-60-67(57,58)64-43-40(48)41(49)44(62-65(51,52)53)45(42(43)50)63-66(54,55)56/h5,7,11,13,17-18,20,22,37,40-45,48-50H,3-4,6,8-10,12,14-16,19,21,23-36H2,1-2H3,(H,57,58)(H2,51,52,53)(H2,54,55,56)/b7-5-,13-11-,18-17-,22-20-/t37-,40?,41?,42?,43+,44?,45+/m1/s1. The van der Waals surface area contributed by atoms with Gasteiger partial charge in [-0.2, -0.15) is 0 Å². The summed E-state index contributed by atoms with van der Waals surface area (Å²) in [6, 6.07) is 0. The first-order chi connectivity index (χ1) is 31.8. The first kappa shape index (κ1) is 63.1. The maximum atomic E-state index is 13.1. The van der Waals surface area contributed by atoms with E-state index in [0.717, 1.165) is 83.5 Å². The van der Waals surface area contributed by atoms with E-state index in [-0.39, 0.29) is 12.8 Å². The number of unbranched alkanes of at least 4 members (excludes halogenated alkanes) is 16. The number of phosphoric ester groups is 3. The Morgan fingerprint density at radius 3 is 1.40 bits per heavy atom. The lowest BCUT2D eigenvalue weighted by Gasteiger charge is -2.44. The molecule has 1 saturated carbocycles. The molecule has 0 aromatic rings. The minimum atomic E-state index is -5.60. The summed E-state index contributed by atoms with van der Waals surface area (Å²) in [4.78, 5) is 73.2. The lowest BCUT2D eigenvalue weighted by atomic mass is 9.85. The molecule has 1 fully saturated rings. The monoisotopic (exact) mass is 1020 g/mol. The van der Waals surface area contributed by atoms with Crippen LogP contribution in [-0.2, 0) is 50.9 Å². The van der Waals surface area contributed by atoms with Gasteiger partial charge < -0.3 is 49.3 Å². The Balaban J connectivity index is 2.74. The molecule has 1 aliphatic carbocycles. The second kappa shape index (κ2) is 37.0. The molecule has 0 aliphatic heterocycles. The van der Waals surface area contributed by atoms with Gasteiger partial charge in [-0.1, -0.05) is 152 Å². The Morgan fingerprint density at radius 2 is 0.910 bits per heavy atom. The lowest BCUT2D eigenvalue weighted by Crippen LogP contribution is -2.65. The number of allylic oxidation sites excluding steroid dienone is 8. The predicted molar refractivity (Wildman–Crippen MR) is 252 cm³/mol. The fourth-order valence-corrected chi connectivity index (χ4v) is 9.20. The van der Waals surface area contributed by atoms with Crippen molar-refractivity contribution < 1.29 is 90.6 Å². The van der Waals surface area contributed by atoms with E-state index < -0.39 is 91.3 Å². The predicted octanol–water partition coefficient (Wildman–Crippen LogP) is 8.62. The molecule has 0 aromatic heterocycles. The van der Waals surface area contributed by atoms with E-state index in [4.69, 9.17) is 18.5 Å². The molecule has 5 unspecified atom stereocenters. The van der Waals surface area contributed by atoms with Gasteiger partial charge in [0.2, 0.25) is 0 Å². The zero-order valence-corrected chi connectivity index (χ0v) is 42.1. The Labute approximate surface area is 397 Å². The van der Waals surface area contributed by atoms with E-state index in [2.05, 4.69) is 71.5 Å². The van der Waals surface area contributed by atoms with E-state index in [1.54, 1.807) is 0 Å². The van der Waals surface area contributed by atoms with E-state index in [1.165, 1.54) is 44.9 Å². The maximum absolute atomic E-state index is 13.1. The van der Waals surface area contributed by atoms with Crippen LogP contribution in [0.4, 0.5) is 0 Å². The van der Waals surface area contributed by atoms with E-state index in [0.29, 0.717) is 12.8 Å². The van der Waals surface area contributed by atoms with Crippen LogP contribution in [0.25, 0.3) is 0 Å². The van der Waals surface area contributed by atoms with Gasteiger partial charge in [-0.05, 0) is 51.4 Å². The number of rotatable bonds is 40. The number of hydrogen-bond donors (Lipinski definition) is 8. The van der Waals surface area contributed by atoms with Crippen molar-refractivity contribution >= 4 is 35.4 Å². The van der Waals surface area contributed by atoms with Gasteiger partial charge >= 0.3 is 35.4 Å². The molecule has 0 bridgehead atoms. The molecule has 1 aliphatic rings. The van der Waals surface area contributed by atoms with E-state index in [9.17, 15) is 63.1 Å². The molecule has 67 heavy (non-hydrogen) atoms. The second-order valence-electron chi connectivity index (χ2n) is 16.7.